The number of rotatable bonds is 5. The van der Waals surface area contributed by atoms with Crippen molar-refractivity contribution in [1.29, 1.82) is 0 Å². The molecule has 174 valence electrons. The van der Waals surface area contributed by atoms with E-state index in [-0.39, 0.29) is 23.6 Å². The summed E-state index contributed by atoms with van der Waals surface area (Å²) in [5.41, 5.74) is 1.88. The van der Waals surface area contributed by atoms with Crippen molar-refractivity contribution in [3.63, 3.8) is 0 Å². The van der Waals surface area contributed by atoms with Crippen molar-refractivity contribution in [3.8, 4) is 16.9 Å². The molecule has 0 saturated carbocycles. The topological polar surface area (TPSA) is 87.5 Å². The van der Waals surface area contributed by atoms with E-state index < -0.39 is 12.1 Å². The van der Waals surface area contributed by atoms with Crippen LogP contribution in [-0.2, 0) is 6.54 Å². The number of ether oxygens (including phenoxy) is 1. The second kappa shape index (κ2) is 8.49. The summed E-state index contributed by atoms with van der Waals surface area (Å²) in [6.07, 6.45) is 3.07. The van der Waals surface area contributed by atoms with Crippen LogP contribution in [0.4, 0.5) is 13.2 Å². The molecule has 0 amide bonds. The Balaban J connectivity index is 1.39. The zero-order valence-corrected chi connectivity index (χ0v) is 18.0. The van der Waals surface area contributed by atoms with Crippen LogP contribution in [0.25, 0.3) is 22.3 Å². The summed E-state index contributed by atoms with van der Waals surface area (Å²) < 4.78 is 48.8. The minimum absolute atomic E-state index is 0.0393. The number of hydrogen-bond acceptors (Lipinski definition) is 6. The van der Waals surface area contributed by atoms with Gasteiger partial charge in [0.2, 0.25) is 5.89 Å². The van der Waals surface area contributed by atoms with Gasteiger partial charge in [0.15, 0.2) is 11.5 Å². The van der Waals surface area contributed by atoms with Crippen LogP contribution >= 0.6 is 11.6 Å². The minimum atomic E-state index is -4.77. The quantitative estimate of drug-likeness (QED) is 0.385. The van der Waals surface area contributed by atoms with Crippen LogP contribution in [0, 0.1) is 0 Å². The highest BCUT2D eigenvalue weighted by Gasteiger charge is 2.31. The van der Waals surface area contributed by atoms with E-state index in [1.165, 1.54) is 33.3 Å². The first-order valence-corrected chi connectivity index (χ1v) is 10.5. The Morgan fingerprint density at radius 3 is 2.65 bits per heavy atom. The number of nitrogens with zero attached hydrogens (tertiary/aromatic N) is 5. The molecule has 3 aromatic heterocycles. The summed E-state index contributed by atoms with van der Waals surface area (Å²) in [6, 6.07) is 8.68. The van der Waals surface area contributed by atoms with Crippen molar-refractivity contribution in [1.82, 2.24) is 24.3 Å². The molecule has 1 aliphatic carbocycles. The highest BCUT2D eigenvalue weighted by atomic mass is 35.5. The normalized spacial score (nSPS) is 16.1. The van der Waals surface area contributed by atoms with Crippen molar-refractivity contribution >= 4 is 22.8 Å². The third-order valence-electron chi connectivity index (χ3n) is 5.10. The van der Waals surface area contributed by atoms with Gasteiger partial charge < -0.3 is 9.26 Å². The fourth-order valence-corrected chi connectivity index (χ4v) is 3.79. The van der Waals surface area contributed by atoms with Crippen molar-refractivity contribution in [2.75, 3.05) is 0 Å². The molecule has 0 radical (unpaired) electrons. The van der Waals surface area contributed by atoms with Crippen LogP contribution in [0.15, 0.2) is 70.1 Å². The Morgan fingerprint density at radius 1 is 1.15 bits per heavy atom. The fraction of sp³-hybridized carbons (Fsp3) is 0.182. The number of halogens is 4. The van der Waals surface area contributed by atoms with Gasteiger partial charge in [-0.3, -0.25) is 0 Å². The maximum Gasteiger partial charge on any atom is 0.573 e. The van der Waals surface area contributed by atoms with Crippen LogP contribution in [0.1, 0.15) is 18.1 Å². The molecular formula is C22H15ClF3N5O3. The summed E-state index contributed by atoms with van der Waals surface area (Å²) in [7, 11) is 0. The summed E-state index contributed by atoms with van der Waals surface area (Å²) in [5, 5.41) is 7.96. The fourth-order valence-electron chi connectivity index (χ4n) is 3.52. The van der Waals surface area contributed by atoms with Gasteiger partial charge in [0.25, 0.3) is 0 Å². The van der Waals surface area contributed by atoms with Crippen molar-refractivity contribution in [2.45, 2.75) is 24.7 Å². The first kappa shape index (κ1) is 22.0. The van der Waals surface area contributed by atoms with E-state index in [1.54, 1.807) is 18.3 Å². The first-order chi connectivity index (χ1) is 16.3. The molecule has 3 heterocycles. The second-order valence-electron chi connectivity index (χ2n) is 7.42. The lowest BCUT2D eigenvalue weighted by molar-refractivity contribution is -0.274. The van der Waals surface area contributed by atoms with Crippen LogP contribution in [0.2, 0.25) is 0 Å². The van der Waals surface area contributed by atoms with E-state index in [9.17, 15) is 18.0 Å². The van der Waals surface area contributed by atoms with E-state index in [0.717, 1.165) is 5.57 Å². The Morgan fingerprint density at radius 2 is 1.91 bits per heavy atom. The van der Waals surface area contributed by atoms with Gasteiger partial charge >= 0.3 is 12.1 Å². The lowest BCUT2D eigenvalue weighted by Gasteiger charge is -2.10. The van der Waals surface area contributed by atoms with E-state index in [1.807, 2.05) is 18.2 Å². The minimum Gasteiger partial charge on any atom is -0.406 e. The van der Waals surface area contributed by atoms with Crippen LogP contribution in [0.3, 0.4) is 0 Å². The third-order valence-corrected chi connectivity index (χ3v) is 5.52. The first-order valence-electron chi connectivity index (χ1n) is 10.1. The number of pyridine rings is 1. The summed E-state index contributed by atoms with van der Waals surface area (Å²) in [6.45, 7) is -0.0393. The third kappa shape index (κ3) is 4.46. The van der Waals surface area contributed by atoms with E-state index in [4.69, 9.17) is 16.1 Å². The van der Waals surface area contributed by atoms with Crippen LogP contribution < -0.4 is 10.4 Å². The number of allylic oxidation sites excluding steroid dienone is 4. The predicted octanol–water partition coefficient (Wildman–Crippen LogP) is 4.44. The Labute approximate surface area is 194 Å². The van der Waals surface area contributed by atoms with Gasteiger partial charge in [0.1, 0.15) is 12.3 Å². The summed E-state index contributed by atoms with van der Waals surface area (Å²) in [5.74, 6) is 0.221. The highest BCUT2D eigenvalue weighted by Crippen LogP contribution is 2.27. The smallest absolute Gasteiger partial charge is 0.406 e. The molecule has 1 aliphatic rings. The number of fused-ring (bicyclic) bond motifs is 1. The van der Waals surface area contributed by atoms with Crippen molar-refractivity contribution in [3.05, 3.63) is 83.0 Å². The standard InChI is InChI=1S/C22H15ClF3N5O3/c23-17-4-2-1-3-16(17)20-27-19(34-29-20)12-31-21(32)30-11-14(7-10-18(30)28-31)13-5-8-15(9-6-13)33-22(24,25)26/h1-3,5-11,17H,4,12H2. The largest absolute Gasteiger partial charge is 0.573 e. The molecule has 1 aromatic carbocycles. The van der Waals surface area contributed by atoms with E-state index in [0.29, 0.717) is 29.0 Å². The molecule has 34 heavy (non-hydrogen) atoms. The lowest BCUT2D eigenvalue weighted by Crippen LogP contribution is -2.21. The van der Waals surface area contributed by atoms with Gasteiger partial charge in [-0.15, -0.1) is 29.9 Å². The molecule has 12 heteroatoms. The zero-order chi connectivity index (χ0) is 23.9. The van der Waals surface area contributed by atoms with Gasteiger partial charge in [-0.05, 0) is 41.8 Å². The maximum atomic E-state index is 12.9. The number of aromatic nitrogens is 5. The molecule has 5 rings (SSSR count). The molecular weight excluding hydrogens is 475 g/mol. The number of benzene rings is 1. The Kier molecular flexibility index (Phi) is 5.48. The van der Waals surface area contributed by atoms with Crippen LogP contribution in [-0.4, -0.2) is 36.1 Å². The average Bonchev–Trinajstić information content (AvgIpc) is 3.38. The molecule has 0 spiro atoms. The van der Waals surface area contributed by atoms with Crippen molar-refractivity contribution in [2.24, 2.45) is 0 Å². The zero-order valence-electron chi connectivity index (χ0n) is 17.2. The molecule has 8 nitrogen and oxygen atoms in total. The van der Waals surface area contributed by atoms with Gasteiger partial charge in [-0.2, -0.15) is 4.98 Å². The monoisotopic (exact) mass is 489 g/mol. The molecule has 0 N–H and O–H groups in total. The molecule has 0 saturated heterocycles. The summed E-state index contributed by atoms with van der Waals surface area (Å²) >= 11 is 6.30. The number of alkyl halides is 4. The van der Waals surface area contributed by atoms with Gasteiger partial charge in [0, 0.05) is 11.8 Å². The van der Waals surface area contributed by atoms with E-state index >= 15 is 0 Å². The molecule has 0 fully saturated rings. The molecule has 0 bridgehead atoms. The maximum absolute atomic E-state index is 12.9. The lowest BCUT2D eigenvalue weighted by atomic mass is 10.0. The van der Waals surface area contributed by atoms with Gasteiger partial charge in [0.05, 0.1) is 5.38 Å². The predicted molar refractivity (Wildman–Crippen MR) is 116 cm³/mol. The Hall–Kier alpha value is -3.86. The molecule has 4 aromatic rings. The average molecular weight is 490 g/mol. The van der Waals surface area contributed by atoms with Crippen LogP contribution in [0.5, 0.6) is 5.75 Å². The SMILES string of the molecule is O=c1n(Cc2nc(C3=CC=CCC3Cl)no2)nc2ccc(-c3ccc(OC(F)(F)F)cc3)cn12. The highest BCUT2D eigenvalue weighted by molar-refractivity contribution is 6.26. The molecule has 0 aliphatic heterocycles. The Bertz CT molecular complexity index is 1470. The van der Waals surface area contributed by atoms with Gasteiger partial charge in [-0.1, -0.05) is 35.5 Å². The van der Waals surface area contributed by atoms with Gasteiger partial charge in [-0.25, -0.2) is 13.9 Å². The number of hydrogen-bond donors (Lipinski definition) is 0. The second-order valence-corrected chi connectivity index (χ2v) is 7.95. The molecule has 1 unspecified atom stereocenters. The van der Waals surface area contributed by atoms with Crippen molar-refractivity contribution < 1.29 is 22.4 Å². The van der Waals surface area contributed by atoms with E-state index in [2.05, 4.69) is 20.0 Å². The molecule has 1 atom stereocenters. The summed E-state index contributed by atoms with van der Waals surface area (Å²) in [4.78, 5) is 17.2.